The quantitative estimate of drug-likeness (QED) is 0.909. The van der Waals surface area contributed by atoms with E-state index < -0.39 is 6.61 Å². The molecule has 0 fully saturated rings. The van der Waals surface area contributed by atoms with Crippen molar-refractivity contribution in [1.29, 1.82) is 0 Å². The monoisotopic (exact) mass is 333 g/mol. The topological polar surface area (TPSA) is 60.2 Å². The Bertz CT molecular complexity index is 563. The Morgan fingerprint density at radius 2 is 2.21 bits per heavy atom. The fourth-order valence-electron chi connectivity index (χ4n) is 1.42. The summed E-state index contributed by atoms with van der Waals surface area (Å²) in [5, 5.41) is 10.4. The molecule has 0 saturated heterocycles. The second-order valence-electron chi connectivity index (χ2n) is 3.59. The molecule has 1 N–H and O–H groups in total. The van der Waals surface area contributed by atoms with E-state index in [0.29, 0.717) is 21.9 Å². The highest BCUT2D eigenvalue weighted by Crippen LogP contribution is 2.30. The van der Waals surface area contributed by atoms with Crippen molar-refractivity contribution < 1.29 is 17.9 Å². The normalized spacial score (nSPS) is 10.8. The summed E-state index contributed by atoms with van der Waals surface area (Å²) in [7, 11) is 0. The van der Waals surface area contributed by atoms with Crippen LogP contribution in [0.25, 0.3) is 0 Å². The first-order valence-corrected chi connectivity index (χ1v) is 6.11. The lowest BCUT2D eigenvalue weighted by Crippen LogP contribution is -2.06. The van der Waals surface area contributed by atoms with Crippen molar-refractivity contribution in [2.75, 3.05) is 5.32 Å². The van der Waals surface area contributed by atoms with E-state index >= 15 is 0 Å². The molecular formula is C11H10BrF2N3O2. The van der Waals surface area contributed by atoms with Gasteiger partial charge in [-0.3, -0.25) is 0 Å². The summed E-state index contributed by atoms with van der Waals surface area (Å²) in [6, 6.07) is 4.78. The number of aryl methyl sites for hydroxylation is 1. The van der Waals surface area contributed by atoms with Crippen LogP contribution in [0.3, 0.4) is 0 Å². The fraction of sp³-hybridized carbons (Fsp3) is 0.273. The van der Waals surface area contributed by atoms with Crippen molar-refractivity contribution in [3.8, 4) is 5.75 Å². The predicted octanol–water partition coefficient (Wildman–Crippen LogP) is 3.35. The third-order valence-corrected chi connectivity index (χ3v) is 2.65. The van der Waals surface area contributed by atoms with E-state index in [2.05, 4.69) is 36.2 Å². The second kappa shape index (κ2) is 5.96. The van der Waals surface area contributed by atoms with E-state index in [9.17, 15) is 8.78 Å². The standard InChI is InChI=1S/C11H10BrF2N3O2/c1-6-16-17-10(18-6)5-15-8-3-2-7(12)4-9(8)19-11(13)14/h2-4,11,15H,5H2,1H3. The zero-order chi connectivity index (χ0) is 13.8. The summed E-state index contributed by atoms with van der Waals surface area (Å²) >= 11 is 3.19. The maximum Gasteiger partial charge on any atom is 0.387 e. The Morgan fingerprint density at radius 1 is 1.42 bits per heavy atom. The van der Waals surface area contributed by atoms with Gasteiger partial charge in [-0.2, -0.15) is 8.78 Å². The third kappa shape index (κ3) is 3.88. The molecule has 0 saturated carbocycles. The Hall–Kier alpha value is -1.70. The van der Waals surface area contributed by atoms with Crippen LogP contribution >= 0.6 is 15.9 Å². The Labute approximate surface area is 116 Å². The molecule has 5 nitrogen and oxygen atoms in total. The molecule has 0 amide bonds. The highest BCUT2D eigenvalue weighted by atomic mass is 79.9. The summed E-state index contributed by atoms with van der Waals surface area (Å²) in [5.41, 5.74) is 0.416. The van der Waals surface area contributed by atoms with Crippen LogP contribution in [0.5, 0.6) is 5.75 Å². The lowest BCUT2D eigenvalue weighted by molar-refractivity contribution is -0.0494. The lowest BCUT2D eigenvalue weighted by Gasteiger charge is -2.11. The highest BCUT2D eigenvalue weighted by Gasteiger charge is 2.11. The van der Waals surface area contributed by atoms with Gasteiger partial charge in [0.1, 0.15) is 5.75 Å². The minimum Gasteiger partial charge on any atom is -0.433 e. The number of nitrogens with one attached hydrogen (secondary N) is 1. The minimum atomic E-state index is -2.89. The molecule has 8 heteroatoms. The van der Waals surface area contributed by atoms with E-state index in [1.807, 2.05) is 0 Å². The van der Waals surface area contributed by atoms with Gasteiger partial charge in [0.05, 0.1) is 12.2 Å². The molecule has 0 bridgehead atoms. The molecule has 0 aliphatic rings. The number of hydrogen-bond acceptors (Lipinski definition) is 5. The molecule has 0 unspecified atom stereocenters. The van der Waals surface area contributed by atoms with Crippen LogP contribution in [0.2, 0.25) is 0 Å². The lowest BCUT2D eigenvalue weighted by atomic mass is 10.3. The Balaban J connectivity index is 2.10. The van der Waals surface area contributed by atoms with Crippen LogP contribution in [0.15, 0.2) is 27.1 Å². The molecular weight excluding hydrogens is 324 g/mol. The smallest absolute Gasteiger partial charge is 0.387 e. The molecule has 1 aromatic heterocycles. The van der Waals surface area contributed by atoms with Crippen molar-refractivity contribution >= 4 is 21.6 Å². The average molecular weight is 334 g/mol. The van der Waals surface area contributed by atoms with Gasteiger partial charge in [-0.25, -0.2) is 0 Å². The zero-order valence-corrected chi connectivity index (χ0v) is 11.4. The second-order valence-corrected chi connectivity index (χ2v) is 4.50. The number of benzene rings is 1. The Kier molecular flexibility index (Phi) is 4.31. The number of nitrogens with zero attached hydrogens (tertiary/aromatic N) is 2. The van der Waals surface area contributed by atoms with Gasteiger partial charge in [-0.1, -0.05) is 15.9 Å². The van der Waals surface area contributed by atoms with E-state index in [1.165, 1.54) is 6.07 Å². The fourth-order valence-corrected chi connectivity index (χ4v) is 1.76. The van der Waals surface area contributed by atoms with Crippen LogP contribution in [0.1, 0.15) is 11.8 Å². The zero-order valence-electron chi connectivity index (χ0n) is 9.86. The van der Waals surface area contributed by atoms with Gasteiger partial charge in [0.25, 0.3) is 0 Å². The predicted molar refractivity (Wildman–Crippen MR) is 67.1 cm³/mol. The molecule has 0 aliphatic carbocycles. The summed E-state index contributed by atoms with van der Waals surface area (Å²) in [4.78, 5) is 0. The molecule has 0 spiro atoms. The molecule has 0 aliphatic heterocycles. The van der Waals surface area contributed by atoms with Gasteiger partial charge in [0, 0.05) is 11.4 Å². The maximum atomic E-state index is 12.3. The van der Waals surface area contributed by atoms with Gasteiger partial charge in [-0.15, -0.1) is 10.2 Å². The highest BCUT2D eigenvalue weighted by molar-refractivity contribution is 9.10. The molecule has 2 aromatic rings. The van der Waals surface area contributed by atoms with Crippen molar-refractivity contribution in [2.45, 2.75) is 20.1 Å². The molecule has 1 heterocycles. The van der Waals surface area contributed by atoms with Gasteiger partial charge in [0.15, 0.2) is 0 Å². The van der Waals surface area contributed by atoms with E-state index in [1.54, 1.807) is 19.1 Å². The number of aromatic nitrogens is 2. The first-order valence-electron chi connectivity index (χ1n) is 5.32. The number of anilines is 1. The summed E-state index contributed by atoms with van der Waals surface area (Å²) < 4.78 is 34.8. The summed E-state index contributed by atoms with van der Waals surface area (Å²) in [5.74, 6) is 0.848. The molecule has 102 valence electrons. The third-order valence-electron chi connectivity index (χ3n) is 2.16. The maximum absolute atomic E-state index is 12.3. The van der Waals surface area contributed by atoms with Crippen molar-refractivity contribution in [3.05, 3.63) is 34.5 Å². The minimum absolute atomic E-state index is 0.0422. The van der Waals surface area contributed by atoms with Crippen molar-refractivity contribution in [3.63, 3.8) is 0 Å². The van der Waals surface area contributed by atoms with E-state index in [0.717, 1.165) is 0 Å². The van der Waals surface area contributed by atoms with Crippen molar-refractivity contribution in [1.82, 2.24) is 10.2 Å². The number of hydrogen-bond donors (Lipinski definition) is 1. The molecule has 0 atom stereocenters. The molecule has 19 heavy (non-hydrogen) atoms. The van der Waals surface area contributed by atoms with Crippen LogP contribution in [0.4, 0.5) is 14.5 Å². The largest absolute Gasteiger partial charge is 0.433 e. The van der Waals surface area contributed by atoms with Crippen molar-refractivity contribution in [2.24, 2.45) is 0 Å². The molecule has 2 rings (SSSR count). The number of rotatable bonds is 5. The number of alkyl halides is 2. The first-order chi connectivity index (χ1) is 9.04. The number of ether oxygens (including phenoxy) is 1. The van der Waals surface area contributed by atoms with Crippen LogP contribution in [0, 0.1) is 6.92 Å². The average Bonchev–Trinajstić information content (AvgIpc) is 2.73. The van der Waals surface area contributed by atoms with Gasteiger partial charge < -0.3 is 14.5 Å². The molecule has 1 aromatic carbocycles. The van der Waals surface area contributed by atoms with Crippen LogP contribution in [-0.2, 0) is 6.54 Å². The Morgan fingerprint density at radius 3 is 2.84 bits per heavy atom. The number of halogens is 3. The summed E-state index contributed by atoms with van der Waals surface area (Å²) in [6.07, 6.45) is 0. The van der Waals surface area contributed by atoms with Gasteiger partial charge in [-0.05, 0) is 18.2 Å². The van der Waals surface area contributed by atoms with E-state index in [4.69, 9.17) is 4.42 Å². The SMILES string of the molecule is Cc1nnc(CNc2ccc(Br)cc2OC(F)F)o1. The first kappa shape index (κ1) is 13.7. The van der Waals surface area contributed by atoms with Gasteiger partial charge >= 0.3 is 6.61 Å². The van der Waals surface area contributed by atoms with Gasteiger partial charge in [0.2, 0.25) is 11.8 Å². The van der Waals surface area contributed by atoms with E-state index in [-0.39, 0.29) is 12.3 Å². The van der Waals surface area contributed by atoms with Crippen LogP contribution in [-0.4, -0.2) is 16.8 Å². The molecule has 0 radical (unpaired) electrons. The summed E-state index contributed by atoms with van der Waals surface area (Å²) in [6.45, 7) is -0.996. The van der Waals surface area contributed by atoms with Crippen LogP contribution < -0.4 is 10.1 Å².